The molecule has 0 rings (SSSR count). The summed E-state index contributed by atoms with van der Waals surface area (Å²) < 4.78 is 17.5. The van der Waals surface area contributed by atoms with Crippen molar-refractivity contribution in [1.29, 1.82) is 0 Å². The highest BCUT2D eigenvalue weighted by molar-refractivity contribution is 7.41. The lowest BCUT2D eigenvalue weighted by Crippen LogP contribution is -1.99. The Balaban J connectivity index is 3.50. The van der Waals surface area contributed by atoms with Crippen molar-refractivity contribution in [2.24, 2.45) is 0 Å². The minimum Gasteiger partial charge on any atom is -0.312 e. The van der Waals surface area contributed by atoms with E-state index in [1.807, 2.05) is 0 Å². The Labute approximate surface area is 209 Å². The zero-order valence-electron chi connectivity index (χ0n) is 22.6. The lowest BCUT2D eigenvalue weighted by atomic mass is 10.1. The second-order valence-electron chi connectivity index (χ2n) is 9.55. The van der Waals surface area contributed by atoms with Crippen molar-refractivity contribution in [3.05, 3.63) is 12.7 Å². The van der Waals surface area contributed by atoms with Gasteiger partial charge in [-0.1, -0.05) is 148 Å². The first-order chi connectivity index (χ1) is 16.3. The van der Waals surface area contributed by atoms with E-state index in [0.29, 0.717) is 6.61 Å². The van der Waals surface area contributed by atoms with Gasteiger partial charge in [0.1, 0.15) is 0 Å². The number of unbranched alkanes of at least 4 members (excludes halogenated alkanes) is 20. The molecule has 0 aromatic carbocycles. The van der Waals surface area contributed by atoms with Crippen LogP contribution in [0.2, 0.25) is 0 Å². The van der Waals surface area contributed by atoms with E-state index in [1.165, 1.54) is 128 Å². The van der Waals surface area contributed by atoms with Crippen molar-refractivity contribution in [2.45, 2.75) is 155 Å². The van der Waals surface area contributed by atoms with Gasteiger partial charge >= 0.3 is 8.60 Å². The highest BCUT2D eigenvalue weighted by Crippen LogP contribution is 2.40. The predicted molar refractivity (Wildman–Crippen MR) is 148 cm³/mol. The van der Waals surface area contributed by atoms with Crippen LogP contribution in [0.3, 0.4) is 0 Å². The van der Waals surface area contributed by atoms with E-state index in [-0.39, 0.29) is 0 Å². The minimum atomic E-state index is -1.21. The summed E-state index contributed by atoms with van der Waals surface area (Å²) in [5, 5.41) is 0. The average molecular weight is 487 g/mol. The fraction of sp³-hybridized carbons (Fsp3) is 0.931. The van der Waals surface area contributed by atoms with Crippen molar-refractivity contribution in [1.82, 2.24) is 0 Å². The Morgan fingerprint density at radius 1 is 0.455 bits per heavy atom. The zero-order valence-corrected chi connectivity index (χ0v) is 23.5. The molecule has 0 atom stereocenters. The predicted octanol–water partition coefficient (Wildman–Crippen LogP) is 11.1. The van der Waals surface area contributed by atoms with Gasteiger partial charge in [0, 0.05) is 0 Å². The van der Waals surface area contributed by atoms with Gasteiger partial charge in [0.2, 0.25) is 0 Å². The maximum absolute atomic E-state index is 5.90. The summed E-state index contributed by atoms with van der Waals surface area (Å²) in [5.41, 5.74) is 0. The van der Waals surface area contributed by atoms with Crippen LogP contribution in [0.5, 0.6) is 0 Å². The van der Waals surface area contributed by atoms with Gasteiger partial charge in [0.05, 0.1) is 19.8 Å². The lowest BCUT2D eigenvalue weighted by Gasteiger charge is -2.16. The molecule has 0 bridgehead atoms. The maximum Gasteiger partial charge on any atom is 0.332 e. The van der Waals surface area contributed by atoms with E-state index in [1.54, 1.807) is 6.08 Å². The summed E-state index contributed by atoms with van der Waals surface area (Å²) in [6.45, 7) is 10.3. The molecule has 0 aliphatic carbocycles. The number of rotatable bonds is 29. The molecule has 0 aromatic heterocycles. The van der Waals surface area contributed by atoms with Crippen LogP contribution in [-0.4, -0.2) is 19.8 Å². The molecule has 0 radical (unpaired) electrons. The standard InChI is InChI=1S/C29H59O3P/c1-4-7-9-11-13-15-17-19-21-23-25-28-31-33(30-27-6-3)32-29-26-24-22-20-18-16-14-12-10-8-5-2/h6H,3-5,7-29H2,1-2H3. The van der Waals surface area contributed by atoms with E-state index in [9.17, 15) is 0 Å². The molecule has 33 heavy (non-hydrogen) atoms. The first-order valence-corrected chi connectivity index (χ1v) is 15.7. The van der Waals surface area contributed by atoms with E-state index in [0.717, 1.165) is 26.1 Å². The van der Waals surface area contributed by atoms with Gasteiger partial charge in [-0.2, -0.15) is 0 Å². The number of hydrogen-bond acceptors (Lipinski definition) is 3. The van der Waals surface area contributed by atoms with Gasteiger partial charge in [-0.15, -0.1) is 6.58 Å². The Hall–Kier alpha value is 0.0500. The second kappa shape index (κ2) is 30.1. The van der Waals surface area contributed by atoms with Crippen LogP contribution < -0.4 is 0 Å². The van der Waals surface area contributed by atoms with Gasteiger partial charge in [0.15, 0.2) is 0 Å². The molecule has 4 heteroatoms. The molecule has 0 heterocycles. The molecule has 0 N–H and O–H groups in total. The highest BCUT2D eigenvalue weighted by atomic mass is 31.2. The molecule has 0 unspecified atom stereocenters. The summed E-state index contributed by atoms with van der Waals surface area (Å²) in [6, 6.07) is 0. The fourth-order valence-electron chi connectivity index (χ4n) is 4.04. The first-order valence-electron chi connectivity index (χ1n) is 14.6. The Kier molecular flexibility index (Phi) is 30.1. The minimum absolute atomic E-state index is 0.502. The Morgan fingerprint density at radius 3 is 1.06 bits per heavy atom. The molecule has 0 saturated carbocycles. The maximum atomic E-state index is 5.90. The molecular formula is C29H59O3P. The largest absolute Gasteiger partial charge is 0.332 e. The molecule has 0 aliphatic rings. The highest BCUT2D eigenvalue weighted by Gasteiger charge is 2.11. The lowest BCUT2D eigenvalue weighted by molar-refractivity contribution is 0.165. The van der Waals surface area contributed by atoms with Crippen molar-refractivity contribution in [3.8, 4) is 0 Å². The van der Waals surface area contributed by atoms with Crippen molar-refractivity contribution in [2.75, 3.05) is 19.8 Å². The third-order valence-corrected chi connectivity index (χ3v) is 7.33. The van der Waals surface area contributed by atoms with E-state index in [2.05, 4.69) is 20.4 Å². The van der Waals surface area contributed by atoms with Gasteiger partial charge in [0.25, 0.3) is 0 Å². The van der Waals surface area contributed by atoms with Crippen molar-refractivity contribution in [3.63, 3.8) is 0 Å². The summed E-state index contributed by atoms with van der Waals surface area (Å²) in [4.78, 5) is 0. The van der Waals surface area contributed by atoms with Crippen molar-refractivity contribution < 1.29 is 13.6 Å². The molecular weight excluding hydrogens is 427 g/mol. The van der Waals surface area contributed by atoms with Crippen LogP contribution >= 0.6 is 8.60 Å². The Bertz CT molecular complexity index is 337. The average Bonchev–Trinajstić information content (AvgIpc) is 2.83. The fourth-order valence-corrected chi connectivity index (χ4v) is 5.04. The zero-order chi connectivity index (χ0) is 24.1. The molecule has 0 aliphatic heterocycles. The Morgan fingerprint density at radius 2 is 0.758 bits per heavy atom. The summed E-state index contributed by atoms with van der Waals surface area (Å²) in [5.74, 6) is 0. The van der Waals surface area contributed by atoms with Gasteiger partial charge in [-0.05, 0) is 12.8 Å². The number of hydrogen-bond donors (Lipinski definition) is 0. The molecule has 3 nitrogen and oxygen atoms in total. The summed E-state index contributed by atoms with van der Waals surface area (Å²) >= 11 is 0. The molecule has 0 fully saturated rings. The molecule has 198 valence electrons. The van der Waals surface area contributed by atoms with Crippen LogP contribution in [0.1, 0.15) is 155 Å². The molecule has 0 amide bonds. The van der Waals surface area contributed by atoms with Gasteiger partial charge < -0.3 is 13.6 Å². The van der Waals surface area contributed by atoms with Crippen LogP contribution in [-0.2, 0) is 13.6 Å². The van der Waals surface area contributed by atoms with Crippen molar-refractivity contribution >= 4 is 8.60 Å². The van der Waals surface area contributed by atoms with Crippen LogP contribution in [0, 0.1) is 0 Å². The normalized spacial score (nSPS) is 11.5. The van der Waals surface area contributed by atoms with E-state index in [4.69, 9.17) is 13.6 Å². The van der Waals surface area contributed by atoms with Crippen LogP contribution in [0.15, 0.2) is 12.7 Å². The SMILES string of the molecule is C=CCOP(OCCCCCCCCCCCCC)OCCCCCCCCCCCCC. The van der Waals surface area contributed by atoms with Gasteiger partial charge in [-0.3, -0.25) is 0 Å². The molecule has 0 spiro atoms. The summed E-state index contributed by atoms with van der Waals surface area (Å²) in [7, 11) is -1.21. The van der Waals surface area contributed by atoms with Gasteiger partial charge in [-0.25, -0.2) is 0 Å². The second-order valence-corrected chi connectivity index (χ2v) is 10.8. The topological polar surface area (TPSA) is 27.7 Å². The monoisotopic (exact) mass is 486 g/mol. The molecule has 0 saturated heterocycles. The first kappa shape index (κ1) is 33.0. The van der Waals surface area contributed by atoms with E-state index < -0.39 is 8.60 Å². The quantitative estimate of drug-likeness (QED) is 0.0597. The van der Waals surface area contributed by atoms with Crippen LogP contribution in [0.4, 0.5) is 0 Å². The van der Waals surface area contributed by atoms with E-state index >= 15 is 0 Å². The third-order valence-electron chi connectivity index (χ3n) is 6.19. The third kappa shape index (κ3) is 28.2. The summed E-state index contributed by atoms with van der Waals surface area (Å²) in [6.07, 6.45) is 31.5. The molecule has 0 aromatic rings. The smallest absolute Gasteiger partial charge is 0.312 e. The van der Waals surface area contributed by atoms with Crippen LogP contribution in [0.25, 0.3) is 0 Å².